The van der Waals surface area contributed by atoms with Crippen molar-refractivity contribution in [3.63, 3.8) is 0 Å². The molecular formula is C21H22F2N2O3. The van der Waals surface area contributed by atoms with Gasteiger partial charge in [0.05, 0.1) is 19.1 Å². The summed E-state index contributed by atoms with van der Waals surface area (Å²) in [6.45, 7) is 1.04. The van der Waals surface area contributed by atoms with Crippen molar-refractivity contribution in [2.24, 2.45) is 0 Å². The van der Waals surface area contributed by atoms with E-state index in [2.05, 4.69) is 5.32 Å². The number of ether oxygens (including phenoxy) is 1. The van der Waals surface area contributed by atoms with Crippen LogP contribution in [0.3, 0.4) is 0 Å². The second-order valence-electron chi connectivity index (χ2n) is 6.78. The number of nitrogens with one attached hydrogen (secondary N) is 1. The van der Waals surface area contributed by atoms with Gasteiger partial charge in [-0.25, -0.2) is 8.78 Å². The van der Waals surface area contributed by atoms with Crippen LogP contribution < -0.4 is 10.1 Å². The van der Waals surface area contributed by atoms with Gasteiger partial charge in [-0.05, 0) is 42.7 Å². The Kier molecular flexibility index (Phi) is 6.23. The number of hydrogen-bond donors (Lipinski definition) is 1. The number of likely N-dealkylation sites (tertiary alicyclic amines) is 1. The number of nitrogens with zero attached hydrogens (tertiary/aromatic N) is 1. The molecule has 0 spiro atoms. The number of carbonyl (C=O) groups is 2. The number of benzene rings is 2. The minimum absolute atomic E-state index is 0.0273. The van der Waals surface area contributed by atoms with Crippen LogP contribution in [0.15, 0.2) is 42.5 Å². The van der Waals surface area contributed by atoms with Crippen LogP contribution in [-0.4, -0.2) is 43.0 Å². The fourth-order valence-corrected chi connectivity index (χ4v) is 3.24. The van der Waals surface area contributed by atoms with E-state index in [1.807, 2.05) is 24.3 Å². The predicted octanol–water partition coefficient (Wildman–Crippen LogP) is 2.94. The third-order valence-electron chi connectivity index (χ3n) is 4.87. The Balaban J connectivity index is 1.49. The lowest BCUT2D eigenvalue weighted by molar-refractivity contribution is -0.131. The number of rotatable bonds is 5. The molecule has 0 atom stereocenters. The average Bonchev–Trinajstić information content (AvgIpc) is 2.69. The van der Waals surface area contributed by atoms with E-state index in [0.29, 0.717) is 38.4 Å². The Labute approximate surface area is 162 Å². The van der Waals surface area contributed by atoms with E-state index in [9.17, 15) is 18.4 Å². The first kappa shape index (κ1) is 19.8. The van der Waals surface area contributed by atoms with Gasteiger partial charge in [0.15, 0.2) is 0 Å². The third-order valence-corrected chi connectivity index (χ3v) is 4.87. The van der Waals surface area contributed by atoms with Crippen molar-refractivity contribution in [3.05, 3.63) is 65.2 Å². The van der Waals surface area contributed by atoms with E-state index in [1.54, 1.807) is 12.0 Å². The van der Waals surface area contributed by atoms with E-state index in [4.69, 9.17) is 4.74 Å². The van der Waals surface area contributed by atoms with Crippen molar-refractivity contribution >= 4 is 11.8 Å². The number of halogens is 2. The summed E-state index contributed by atoms with van der Waals surface area (Å²) in [6.07, 6.45) is 1.48. The smallest absolute Gasteiger partial charge is 0.254 e. The third kappa shape index (κ3) is 4.85. The normalized spacial score (nSPS) is 14.6. The number of hydrogen-bond acceptors (Lipinski definition) is 3. The quantitative estimate of drug-likeness (QED) is 0.857. The van der Waals surface area contributed by atoms with Crippen molar-refractivity contribution in [1.29, 1.82) is 0 Å². The Bertz CT molecular complexity index is 847. The molecule has 1 fully saturated rings. The molecule has 0 aliphatic carbocycles. The molecule has 1 heterocycles. The number of methoxy groups -OCH3 is 1. The molecule has 2 amide bonds. The standard InChI is InChI=1S/C21H22F2N2O3/c1-28-17-5-2-14(3-6-17)12-20(26)25-10-8-16(9-11-25)24-21(27)18-7-4-15(22)13-19(18)23/h2-7,13,16H,8-12H2,1H3,(H,24,27). The summed E-state index contributed by atoms with van der Waals surface area (Å²) in [5.74, 6) is -1.41. The van der Waals surface area contributed by atoms with Crippen LogP contribution in [0.1, 0.15) is 28.8 Å². The van der Waals surface area contributed by atoms with Crippen LogP contribution in [0, 0.1) is 11.6 Å². The van der Waals surface area contributed by atoms with Crippen LogP contribution >= 0.6 is 0 Å². The predicted molar refractivity (Wildman–Crippen MR) is 100 cm³/mol. The molecule has 2 aromatic rings. The highest BCUT2D eigenvalue weighted by atomic mass is 19.1. The maximum atomic E-state index is 13.7. The Hall–Kier alpha value is -2.96. The molecule has 1 N–H and O–H groups in total. The van der Waals surface area contributed by atoms with Crippen LogP contribution in [0.25, 0.3) is 0 Å². The molecule has 0 aromatic heterocycles. The van der Waals surface area contributed by atoms with Gasteiger partial charge in [0, 0.05) is 25.2 Å². The monoisotopic (exact) mass is 388 g/mol. The van der Waals surface area contributed by atoms with Crippen LogP contribution in [0.2, 0.25) is 0 Å². The summed E-state index contributed by atoms with van der Waals surface area (Å²) in [7, 11) is 1.59. The van der Waals surface area contributed by atoms with Crippen molar-refractivity contribution in [2.45, 2.75) is 25.3 Å². The fraction of sp³-hybridized carbons (Fsp3) is 0.333. The molecule has 7 heteroatoms. The van der Waals surface area contributed by atoms with Gasteiger partial charge in [-0.3, -0.25) is 9.59 Å². The summed E-state index contributed by atoms with van der Waals surface area (Å²) in [6, 6.07) is 10.1. The SMILES string of the molecule is COc1ccc(CC(=O)N2CCC(NC(=O)c3ccc(F)cc3F)CC2)cc1. The molecule has 28 heavy (non-hydrogen) atoms. The first-order valence-electron chi connectivity index (χ1n) is 9.13. The van der Waals surface area contributed by atoms with Gasteiger partial charge in [-0.2, -0.15) is 0 Å². The summed E-state index contributed by atoms with van der Waals surface area (Å²) in [5.41, 5.74) is 0.729. The fourth-order valence-electron chi connectivity index (χ4n) is 3.24. The molecule has 0 saturated carbocycles. The highest BCUT2D eigenvalue weighted by Crippen LogP contribution is 2.16. The summed E-state index contributed by atoms with van der Waals surface area (Å²) in [4.78, 5) is 26.4. The molecular weight excluding hydrogens is 366 g/mol. The van der Waals surface area contributed by atoms with Crippen molar-refractivity contribution in [1.82, 2.24) is 10.2 Å². The molecule has 1 saturated heterocycles. The number of piperidine rings is 1. The van der Waals surface area contributed by atoms with Crippen molar-refractivity contribution in [3.8, 4) is 5.75 Å². The Morgan fingerprint density at radius 2 is 1.79 bits per heavy atom. The zero-order valence-corrected chi connectivity index (χ0v) is 15.6. The highest BCUT2D eigenvalue weighted by molar-refractivity contribution is 5.94. The van der Waals surface area contributed by atoms with Gasteiger partial charge in [-0.1, -0.05) is 12.1 Å². The number of amides is 2. The van der Waals surface area contributed by atoms with Gasteiger partial charge in [0.1, 0.15) is 17.4 Å². The maximum Gasteiger partial charge on any atom is 0.254 e. The first-order valence-corrected chi connectivity index (χ1v) is 9.13. The molecule has 1 aliphatic rings. The van der Waals surface area contributed by atoms with Gasteiger partial charge >= 0.3 is 0 Å². The van der Waals surface area contributed by atoms with Gasteiger partial charge in [0.2, 0.25) is 5.91 Å². The van der Waals surface area contributed by atoms with E-state index in [1.165, 1.54) is 0 Å². The minimum Gasteiger partial charge on any atom is -0.497 e. The largest absolute Gasteiger partial charge is 0.497 e. The molecule has 148 valence electrons. The summed E-state index contributed by atoms with van der Waals surface area (Å²) >= 11 is 0. The van der Waals surface area contributed by atoms with Gasteiger partial charge < -0.3 is 15.0 Å². The number of carbonyl (C=O) groups excluding carboxylic acids is 2. The zero-order chi connectivity index (χ0) is 20.1. The lowest BCUT2D eigenvalue weighted by Gasteiger charge is -2.32. The van der Waals surface area contributed by atoms with E-state index >= 15 is 0 Å². The molecule has 2 aromatic carbocycles. The van der Waals surface area contributed by atoms with E-state index in [-0.39, 0.29) is 17.5 Å². The highest BCUT2D eigenvalue weighted by Gasteiger charge is 2.25. The van der Waals surface area contributed by atoms with Crippen molar-refractivity contribution in [2.75, 3.05) is 20.2 Å². The second kappa shape index (κ2) is 8.82. The first-order chi connectivity index (χ1) is 13.5. The summed E-state index contributed by atoms with van der Waals surface area (Å²) < 4.78 is 31.8. The zero-order valence-electron chi connectivity index (χ0n) is 15.6. The second-order valence-corrected chi connectivity index (χ2v) is 6.78. The molecule has 0 unspecified atom stereocenters. The van der Waals surface area contributed by atoms with Gasteiger partial charge in [-0.15, -0.1) is 0 Å². The Morgan fingerprint density at radius 1 is 1.11 bits per heavy atom. The molecule has 3 rings (SSSR count). The molecule has 1 aliphatic heterocycles. The van der Waals surface area contributed by atoms with Crippen molar-refractivity contribution < 1.29 is 23.1 Å². The molecule has 0 radical (unpaired) electrons. The van der Waals surface area contributed by atoms with Gasteiger partial charge in [0.25, 0.3) is 5.91 Å². The lowest BCUT2D eigenvalue weighted by atomic mass is 10.0. The summed E-state index contributed by atoms with van der Waals surface area (Å²) in [5, 5.41) is 2.76. The minimum atomic E-state index is -0.885. The van der Waals surface area contributed by atoms with Crippen LogP contribution in [0.5, 0.6) is 5.75 Å². The Morgan fingerprint density at radius 3 is 2.39 bits per heavy atom. The van der Waals surface area contributed by atoms with Crippen LogP contribution in [0.4, 0.5) is 8.78 Å². The lowest BCUT2D eigenvalue weighted by Crippen LogP contribution is -2.47. The maximum absolute atomic E-state index is 13.7. The molecule has 0 bridgehead atoms. The van der Waals surface area contributed by atoms with E-state index < -0.39 is 17.5 Å². The van der Waals surface area contributed by atoms with E-state index in [0.717, 1.165) is 23.4 Å². The topological polar surface area (TPSA) is 58.6 Å². The van der Waals surface area contributed by atoms with Crippen LogP contribution in [-0.2, 0) is 11.2 Å². The molecule has 5 nitrogen and oxygen atoms in total. The average molecular weight is 388 g/mol.